The zero-order valence-electron chi connectivity index (χ0n) is 8.30. The molecule has 0 aliphatic rings. The SMILES string of the molecule is C[C@H](NC(=O)OC(C)(C)C)C(=N)[Se]. The molecule has 0 rings (SSSR count). The molecule has 0 aromatic rings. The molecular formula is C8H15N2O2Se. The van der Waals surface area contributed by atoms with Crippen molar-refractivity contribution in [3.05, 3.63) is 0 Å². The van der Waals surface area contributed by atoms with E-state index < -0.39 is 11.7 Å². The van der Waals surface area contributed by atoms with E-state index in [9.17, 15) is 4.79 Å². The van der Waals surface area contributed by atoms with Crippen LogP contribution in [0.25, 0.3) is 0 Å². The summed E-state index contributed by atoms with van der Waals surface area (Å²) in [5, 5.41) is 9.72. The Morgan fingerprint density at radius 2 is 2.00 bits per heavy atom. The number of carbonyl (C=O) groups is 1. The van der Waals surface area contributed by atoms with Gasteiger partial charge in [-0.15, -0.1) is 0 Å². The molecule has 1 amide bonds. The Morgan fingerprint density at radius 3 is 2.31 bits per heavy atom. The number of hydrogen-bond acceptors (Lipinski definition) is 3. The van der Waals surface area contributed by atoms with Crippen LogP contribution >= 0.6 is 0 Å². The maximum absolute atomic E-state index is 11.1. The van der Waals surface area contributed by atoms with Crippen LogP contribution in [0.4, 0.5) is 4.79 Å². The van der Waals surface area contributed by atoms with E-state index in [1.807, 2.05) is 0 Å². The number of rotatable bonds is 2. The van der Waals surface area contributed by atoms with Crippen molar-refractivity contribution >= 4 is 26.7 Å². The number of hydrogen-bond donors (Lipinski definition) is 2. The van der Waals surface area contributed by atoms with Crippen molar-refractivity contribution in [1.29, 1.82) is 5.41 Å². The molecule has 5 heteroatoms. The average Bonchev–Trinajstić information content (AvgIpc) is 1.81. The molecule has 75 valence electrons. The van der Waals surface area contributed by atoms with Crippen molar-refractivity contribution < 1.29 is 9.53 Å². The van der Waals surface area contributed by atoms with E-state index in [-0.39, 0.29) is 10.7 Å². The number of nitrogens with one attached hydrogen (secondary N) is 2. The van der Waals surface area contributed by atoms with E-state index >= 15 is 0 Å². The van der Waals surface area contributed by atoms with Crippen molar-refractivity contribution in [2.75, 3.05) is 0 Å². The quantitative estimate of drug-likeness (QED) is 0.568. The van der Waals surface area contributed by atoms with E-state index in [0.29, 0.717) is 0 Å². The molecule has 0 bridgehead atoms. The van der Waals surface area contributed by atoms with Gasteiger partial charge < -0.3 is 0 Å². The van der Waals surface area contributed by atoms with Gasteiger partial charge in [-0.2, -0.15) is 0 Å². The van der Waals surface area contributed by atoms with Gasteiger partial charge >= 0.3 is 86.3 Å². The Morgan fingerprint density at radius 1 is 1.54 bits per heavy atom. The van der Waals surface area contributed by atoms with Crippen molar-refractivity contribution in [3.8, 4) is 0 Å². The number of carbonyl (C=O) groups excluding carboxylic acids is 1. The van der Waals surface area contributed by atoms with Gasteiger partial charge in [0.05, 0.1) is 0 Å². The van der Waals surface area contributed by atoms with Crippen molar-refractivity contribution in [2.45, 2.75) is 39.3 Å². The van der Waals surface area contributed by atoms with Gasteiger partial charge in [0.15, 0.2) is 0 Å². The first-order valence-corrected chi connectivity index (χ1v) is 4.83. The van der Waals surface area contributed by atoms with Crippen LogP contribution in [0.2, 0.25) is 0 Å². The Kier molecular flexibility index (Phi) is 4.44. The molecule has 0 aliphatic carbocycles. The molecule has 0 spiro atoms. The zero-order chi connectivity index (χ0) is 10.6. The van der Waals surface area contributed by atoms with Gasteiger partial charge in [0.25, 0.3) is 0 Å². The van der Waals surface area contributed by atoms with E-state index in [0.717, 1.165) is 0 Å². The second-order valence-corrected chi connectivity index (χ2v) is 4.65. The van der Waals surface area contributed by atoms with Crippen LogP contribution in [0.1, 0.15) is 27.7 Å². The van der Waals surface area contributed by atoms with Gasteiger partial charge in [-0.25, -0.2) is 0 Å². The first kappa shape index (κ1) is 12.5. The first-order valence-electron chi connectivity index (χ1n) is 3.97. The molecule has 1 radical (unpaired) electrons. The molecule has 1 atom stereocenters. The fourth-order valence-electron chi connectivity index (χ4n) is 0.550. The molecule has 2 N–H and O–H groups in total. The van der Waals surface area contributed by atoms with Crippen LogP contribution < -0.4 is 5.32 Å². The molecule has 0 aliphatic heterocycles. The number of amides is 1. The van der Waals surface area contributed by atoms with Crippen LogP contribution in [-0.4, -0.2) is 38.4 Å². The van der Waals surface area contributed by atoms with Gasteiger partial charge in [-0.05, 0) is 0 Å². The van der Waals surface area contributed by atoms with Gasteiger partial charge in [-0.1, -0.05) is 0 Å². The summed E-state index contributed by atoms with van der Waals surface area (Å²) in [6.07, 6.45) is -0.500. The Bertz CT molecular complexity index is 211. The van der Waals surface area contributed by atoms with Crippen molar-refractivity contribution in [3.63, 3.8) is 0 Å². The molecular weight excluding hydrogens is 235 g/mol. The minimum absolute atomic E-state index is 0.283. The van der Waals surface area contributed by atoms with Crippen LogP contribution in [0.5, 0.6) is 0 Å². The molecule has 0 fully saturated rings. The van der Waals surface area contributed by atoms with Crippen molar-refractivity contribution in [1.82, 2.24) is 5.32 Å². The third kappa shape index (κ3) is 6.61. The van der Waals surface area contributed by atoms with E-state index in [1.54, 1.807) is 27.7 Å². The summed E-state index contributed by atoms with van der Waals surface area (Å²) >= 11 is 2.52. The fourth-order valence-corrected chi connectivity index (χ4v) is 0.674. The zero-order valence-corrected chi connectivity index (χ0v) is 10.0. The fraction of sp³-hybridized carbons (Fsp3) is 0.750. The van der Waals surface area contributed by atoms with Crippen LogP contribution in [-0.2, 0) is 4.74 Å². The molecule has 4 nitrogen and oxygen atoms in total. The third-order valence-corrected chi connectivity index (χ3v) is 1.87. The molecule has 0 heterocycles. The van der Waals surface area contributed by atoms with Crippen LogP contribution in [0.3, 0.4) is 0 Å². The van der Waals surface area contributed by atoms with E-state index in [1.165, 1.54) is 0 Å². The van der Waals surface area contributed by atoms with Gasteiger partial charge in [0, 0.05) is 0 Å². The Balaban J connectivity index is 3.96. The second kappa shape index (κ2) is 4.63. The molecule has 0 saturated carbocycles. The van der Waals surface area contributed by atoms with Crippen molar-refractivity contribution in [2.24, 2.45) is 0 Å². The predicted molar refractivity (Wildman–Crippen MR) is 52.3 cm³/mol. The first-order chi connectivity index (χ1) is 5.72. The summed E-state index contributed by atoms with van der Waals surface area (Å²) in [6.45, 7) is 7.09. The maximum atomic E-state index is 11.1. The van der Waals surface area contributed by atoms with Crippen LogP contribution in [0.15, 0.2) is 0 Å². The number of alkyl carbamates (subject to hydrolysis) is 1. The topological polar surface area (TPSA) is 62.2 Å². The molecule has 13 heavy (non-hydrogen) atoms. The molecule has 0 aromatic carbocycles. The standard InChI is InChI=1S/C8H15N2O2Se/c1-5(6(9)13)10-7(11)12-8(2,3)4/h5,9H,1-4H3,(H,10,11)/t5-/m0/s1. The predicted octanol–water partition coefficient (Wildman–Crippen LogP) is 1.05. The van der Waals surface area contributed by atoms with Gasteiger partial charge in [-0.3, -0.25) is 0 Å². The Hall–Kier alpha value is -0.541. The van der Waals surface area contributed by atoms with E-state index in [2.05, 4.69) is 21.3 Å². The summed E-state index contributed by atoms with van der Waals surface area (Å²) in [5.74, 6) is 0. The summed E-state index contributed by atoms with van der Waals surface area (Å²) in [6, 6.07) is -0.324. The van der Waals surface area contributed by atoms with E-state index in [4.69, 9.17) is 10.1 Å². The Labute approximate surface area is 86.7 Å². The molecule has 0 saturated heterocycles. The van der Waals surface area contributed by atoms with Crippen LogP contribution in [0, 0.1) is 5.41 Å². The molecule has 0 aromatic heterocycles. The summed E-state index contributed by atoms with van der Waals surface area (Å²) in [4.78, 5) is 11.1. The average molecular weight is 250 g/mol. The summed E-state index contributed by atoms with van der Waals surface area (Å²) in [5.41, 5.74) is -0.497. The van der Waals surface area contributed by atoms with Gasteiger partial charge in [0.2, 0.25) is 0 Å². The molecule has 0 unspecified atom stereocenters. The van der Waals surface area contributed by atoms with Gasteiger partial charge in [0.1, 0.15) is 0 Å². The number of ether oxygens (including phenoxy) is 1. The second-order valence-electron chi connectivity index (χ2n) is 3.73. The monoisotopic (exact) mass is 251 g/mol. The minimum atomic E-state index is -0.500. The normalized spacial score (nSPS) is 13.2. The summed E-state index contributed by atoms with van der Waals surface area (Å²) in [7, 11) is 0. The summed E-state index contributed by atoms with van der Waals surface area (Å²) < 4.78 is 5.28. The third-order valence-electron chi connectivity index (χ3n) is 1.13.